The summed E-state index contributed by atoms with van der Waals surface area (Å²) in [4.78, 5) is 28.3. The molecule has 3 rings (SSSR count). The molecule has 0 unspecified atom stereocenters. The van der Waals surface area contributed by atoms with Gasteiger partial charge in [0.1, 0.15) is 17.3 Å². The summed E-state index contributed by atoms with van der Waals surface area (Å²) in [6, 6.07) is 14.0. The Morgan fingerprint density at radius 2 is 1.61 bits per heavy atom. The van der Waals surface area contributed by atoms with Gasteiger partial charge in [0.05, 0.1) is 11.4 Å². The van der Waals surface area contributed by atoms with Gasteiger partial charge in [-0.3, -0.25) is 14.6 Å². The van der Waals surface area contributed by atoms with E-state index in [4.69, 9.17) is 0 Å². The van der Waals surface area contributed by atoms with Crippen LogP contribution in [-0.2, 0) is 4.79 Å². The number of benzene rings is 2. The average Bonchev–Trinajstić information content (AvgIpc) is 2.70. The van der Waals surface area contributed by atoms with Gasteiger partial charge in [-0.1, -0.05) is 18.2 Å². The van der Waals surface area contributed by atoms with Gasteiger partial charge in [0, 0.05) is 12.3 Å². The second-order valence-electron chi connectivity index (χ2n) is 5.73. The van der Waals surface area contributed by atoms with Crippen molar-refractivity contribution in [3.05, 3.63) is 95.8 Å². The highest BCUT2D eigenvalue weighted by Crippen LogP contribution is 2.23. The van der Waals surface area contributed by atoms with Crippen LogP contribution < -0.4 is 10.6 Å². The minimum Gasteiger partial charge on any atom is -0.321 e. The monoisotopic (exact) mass is 379 g/mol. The van der Waals surface area contributed by atoms with Crippen molar-refractivity contribution in [1.29, 1.82) is 0 Å². The smallest absolute Gasteiger partial charge is 0.274 e. The van der Waals surface area contributed by atoms with Crippen molar-refractivity contribution in [2.75, 3.05) is 10.6 Å². The van der Waals surface area contributed by atoms with Crippen LogP contribution in [0, 0.1) is 11.6 Å². The third kappa shape index (κ3) is 5.07. The van der Waals surface area contributed by atoms with E-state index in [0.29, 0.717) is 5.56 Å². The first-order valence-corrected chi connectivity index (χ1v) is 8.28. The molecule has 1 aromatic heterocycles. The van der Waals surface area contributed by atoms with Crippen LogP contribution in [-0.4, -0.2) is 16.8 Å². The molecular weight excluding hydrogens is 364 g/mol. The highest BCUT2D eigenvalue weighted by Gasteiger charge is 2.12. The number of nitrogens with zero attached hydrogens (tertiary/aromatic N) is 1. The first-order valence-electron chi connectivity index (χ1n) is 8.28. The Bertz CT molecular complexity index is 1020. The van der Waals surface area contributed by atoms with Crippen molar-refractivity contribution in [2.45, 2.75) is 0 Å². The van der Waals surface area contributed by atoms with Crippen LogP contribution in [0.1, 0.15) is 16.1 Å². The molecule has 2 N–H and O–H groups in total. The van der Waals surface area contributed by atoms with E-state index in [0.717, 1.165) is 12.1 Å². The fourth-order valence-electron chi connectivity index (χ4n) is 2.33. The summed E-state index contributed by atoms with van der Waals surface area (Å²) in [6.07, 6.45) is 4.19. The van der Waals surface area contributed by atoms with Crippen molar-refractivity contribution >= 4 is 29.3 Å². The number of carbonyl (C=O) groups is 2. The van der Waals surface area contributed by atoms with Gasteiger partial charge in [0.15, 0.2) is 0 Å². The molecule has 0 aliphatic heterocycles. The van der Waals surface area contributed by atoms with Crippen molar-refractivity contribution in [3.63, 3.8) is 0 Å². The summed E-state index contributed by atoms with van der Waals surface area (Å²) in [5, 5.41) is 5.11. The maximum Gasteiger partial charge on any atom is 0.274 e. The highest BCUT2D eigenvalue weighted by molar-refractivity contribution is 6.08. The van der Waals surface area contributed by atoms with Gasteiger partial charge in [-0.05, 0) is 54.1 Å². The van der Waals surface area contributed by atoms with Gasteiger partial charge >= 0.3 is 0 Å². The van der Waals surface area contributed by atoms with Crippen LogP contribution in [0.4, 0.5) is 20.2 Å². The molecule has 0 aliphatic carbocycles. The molecule has 1 heterocycles. The number of hydrogen-bond acceptors (Lipinski definition) is 3. The first kappa shape index (κ1) is 18.9. The quantitative estimate of drug-likeness (QED) is 0.651. The van der Waals surface area contributed by atoms with Crippen LogP contribution in [0.5, 0.6) is 0 Å². The second kappa shape index (κ2) is 8.68. The van der Waals surface area contributed by atoms with Crippen molar-refractivity contribution in [3.8, 4) is 0 Å². The van der Waals surface area contributed by atoms with Crippen LogP contribution in [0.25, 0.3) is 6.08 Å². The van der Waals surface area contributed by atoms with Crippen molar-refractivity contribution < 1.29 is 18.4 Å². The van der Waals surface area contributed by atoms with E-state index in [1.807, 2.05) is 0 Å². The fourth-order valence-corrected chi connectivity index (χ4v) is 2.33. The maximum atomic E-state index is 13.6. The predicted molar refractivity (Wildman–Crippen MR) is 103 cm³/mol. The van der Waals surface area contributed by atoms with Crippen LogP contribution >= 0.6 is 0 Å². The van der Waals surface area contributed by atoms with Crippen LogP contribution in [0.15, 0.2) is 72.9 Å². The Morgan fingerprint density at radius 1 is 0.857 bits per heavy atom. The Hall–Kier alpha value is -3.87. The molecule has 0 saturated heterocycles. The Morgan fingerprint density at radius 3 is 2.32 bits per heavy atom. The molecule has 7 heteroatoms. The summed E-state index contributed by atoms with van der Waals surface area (Å²) in [6.45, 7) is 0. The average molecular weight is 379 g/mol. The minimum atomic E-state index is -0.575. The molecule has 0 saturated carbocycles. The van der Waals surface area contributed by atoms with Gasteiger partial charge in [-0.15, -0.1) is 0 Å². The van der Waals surface area contributed by atoms with Gasteiger partial charge in [0.25, 0.3) is 5.91 Å². The Kier molecular flexibility index (Phi) is 5.86. The van der Waals surface area contributed by atoms with E-state index in [1.165, 1.54) is 54.7 Å². The fraction of sp³-hybridized carbons (Fsp3) is 0. The first-order chi connectivity index (χ1) is 13.5. The zero-order chi connectivity index (χ0) is 19.9. The Labute approximate surface area is 159 Å². The van der Waals surface area contributed by atoms with Gasteiger partial charge in [0.2, 0.25) is 5.91 Å². The molecule has 0 spiro atoms. The van der Waals surface area contributed by atoms with Crippen LogP contribution in [0.2, 0.25) is 0 Å². The normalized spacial score (nSPS) is 10.6. The lowest BCUT2D eigenvalue weighted by atomic mass is 10.2. The summed E-state index contributed by atoms with van der Waals surface area (Å²) < 4.78 is 26.5. The number of aromatic nitrogens is 1. The molecule has 140 valence electrons. The number of nitrogens with one attached hydrogen (secondary N) is 2. The number of rotatable bonds is 5. The minimum absolute atomic E-state index is 0.0954. The topological polar surface area (TPSA) is 71.1 Å². The zero-order valence-electron chi connectivity index (χ0n) is 14.5. The van der Waals surface area contributed by atoms with Crippen molar-refractivity contribution in [1.82, 2.24) is 4.98 Å². The molecule has 0 fully saturated rings. The number of carbonyl (C=O) groups excluding carboxylic acids is 2. The standard InChI is InChI=1S/C21H15F2N3O2/c22-15-7-4-14(5-8-15)6-11-20(27)25-19-13-16(23)9-10-17(19)26-21(28)18-3-1-2-12-24-18/h1-13H,(H,25,27)(H,26,28). The molecule has 0 aliphatic rings. The maximum absolute atomic E-state index is 13.6. The van der Waals surface area contributed by atoms with Gasteiger partial charge in [-0.25, -0.2) is 8.78 Å². The molecule has 2 amide bonds. The molecule has 0 bridgehead atoms. The zero-order valence-corrected chi connectivity index (χ0v) is 14.5. The number of amides is 2. The van der Waals surface area contributed by atoms with Crippen LogP contribution in [0.3, 0.4) is 0 Å². The number of hydrogen-bond donors (Lipinski definition) is 2. The summed E-state index contributed by atoms with van der Waals surface area (Å²) in [5.41, 5.74) is 1.12. The van der Waals surface area contributed by atoms with Gasteiger partial charge in [-0.2, -0.15) is 0 Å². The lowest BCUT2D eigenvalue weighted by molar-refractivity contribution is -0.111. The molecular formula is C21H15F2N3O2. The second-order valence-corrected chi connectivity index (χ2v) is 5.73. The number of halogens is 2. The largest absolute Gasteiger partial charge is 0.321 e. The molecule has 2 aromatic carbocycles. The molecule has 0 atom stereocenters. The molecule has 3 aromatic rings. The lowest BCUT2D eigenvalue weighted by Crippen LogP contribution is -2.16. The summed E-state index contributed by atoms with van der Waals surface area (Å²) in [5.74, 6) is -1.99. The van der Waals surface area contributed by atoms with E-state index in [1.54, 1.807) is 12.1 Å². The van der Waals surface area contributed by atoms with E-state index >= 15 is 0 Å². The van der Waals surface area contributed by atoms with E-state index in [-0.39, 0.29) is 22.9 Å². The predicted octanol–water partition coefficient (Wildman–Crippen LogP) is 4.26. The summed E-state index contributed by atoms with van der Waals surface area (Å²) >= 11 is 0. The highest BCUT2D eigenvalue weighted by atomic mass is 19.1. The number of pyridine rings is 1. The Balaban J connectivity index is 1.74. The molecule has 28 heavy (non-hydrogen) atoms. The number of anilines is 2. The SMILES string of the molecule is O=C(C=Cc1ccc(F)cc1)Nc1cc(F)ccc1NC(=O)c1ccccn1. The van der Waals surface area contributed by atoms with E-state index < -0.39 is 17.6 Å². The van der Waals surface area contributed by atoms with E-state index in [9.17, 15) is 18.4 Å². The van der Waals surface area contributed by atoms with E-state index in [2.05, 4.69) is 15.6 Å². The molecule has 5 nitrogen and oxygen atoms in total. The molecule has 0 radical (unpaired) electrons. The van der Waals surface area contributed by atoms with Crippen molar-refractivity contribution in [2.24, 2.45) is 0 Å². The summed E-state index contributed by atoms with van der Waals surface area (Å²) in [7, 11) is 0. The van der Waals surface area contributed by atoms with Gasteiger partial charge < -0.3 is 10.6 Å². The third-order valence-corrected chi connectivity index (χ3v) is 3.68. The lowest BCUT2D eigenvalue weighted by Gasteiger charge is -2.11. The third-order valence-electron chi connectivity index (χ3n) is 3.68.